The zero-order valence-electron chi connectivity index (χ0n) is 15.0. The lowest BCUT2D eigenvalue weighted by Gasteiger charge is -2.27. The quantitative estimate of drug-likeness (QED) is 0.776. The average Bonchev–Trinajstić information content (AvgIpc) is 3.43. The molecule has 6 nitrogen and oxygen atoms in total. The highest BCUT2D eigenvalue weighted by Crippen LogP contribution is 2.21. The summed E-state index contributed by atoms with van der Waals surface area (Å²) in [6.07, 6.45) is 11.6. The number of hydrogen-bond donors (Lipinski definition) is 0. The van der Waals surface area contributed by atoms with E-state index in [1.165, 1.54) is 32.3 Å². The van der Waals surface area contributed by atoms with Crippen molar-refractivity contribution in [3.63, 3.8) is 0 Å². The molecule has 2 aromatic rings. The standard InChI is InChI=1S/C20H25N5O/c26-20(24-13-3-4-19(24)14-23-11-1-2-12-23)10-7-17-5-8-18(9-6-17)25-16-21-15-22-25/h5-10,15-16,19H,1-4,11-14H2/b10-7+. The van der Waals surface area contributed by atoms with Crippen molar-refractivity contribution < 1.29 is 4.79 Å². The molecule has 2 fully saturated rings. The molecule has 2 saturated heterocycles. The Morgan fingerprint density at radius 2 is 1.92 bits per heavy atom. The topological polar surface area (TPSA) is 54.3 Å². The number of rotatable bonds is 5. The lowest BCUT2D eigenvalue weighted by Crippen LogP contribution is -2.41. The van der Waals surface area contributed by atoms with Crippen LogP contribution in [0.4, 0.5) is 0 Å². The highest BCUT2D eigenvalue weighted by atomic mass is 16.2. The number of carbonyl (C=O) groups is 1. The molecule has 2 aliphatic heterocycles. The Bertz CT molecular complexity index is 747. The van der Waals surface area contributed by atoms with Crippen LogP contribution in [0, 0.1) is 0 Å². The molecule has 0 saturated carbocycles. The van der Waals surface area contributed by atoms with Crippen LogP contribution < -0.4 is 0 Å². The van der Waals surface area contributed by atoms with Gasteiger partial charge < -0.3 is 9.80 Å². The van der Waals surface area contributed by atoms with Crippen molar-refractivity contribution in [3.05, 3.63) is 48.6 Å². The number of carbonyl (C=O) groups excluding carboxylic acids is 1. The predicted octanol–water partition coefficient (Wildman–Crippen LogP) is 2.37. The second kappa shape index (κ2) is 7.83. The van der Waals surface area contributed by atoms with Crippen molar-refractivity contribution in [3.8, 4) is 5.69 Å². The van der Waals surface area contributed by atoms with Crippen LogP contribution in [-0.4, -0.2) is 62.7 Å². The normalized spacial score (nSPS) is 21.1. The average molecular weight is 351 g/mol. The van der Waals surface area contributed by atoms with Gasteiger partial charge in [-0.25, -0.2) is 9.67 Å². The molecule has 0 spiro atoms. The number of benzene rings is 1. The first-order valence-corrected chi connectivity index (χ1v) is 9.46. The highest BCUT2D eigenvalue weighted by molar-refractivity contribution is 5.92. The minimum Gasteiger partial charge on any atom is -0.335 e. The van der Waals surface area contributed by atoms with E-state index in [9.17, 15) is 4.79 Å². The molecule has 1 amide bonds. The molecule has 2 aliphatic rings. The first-order chi connectivity index (χ1) is 12.8. The summed E-state index contributed by atoms with van der Waals surface area (Å²) in [7, 11) is 0. The van der Waals surface area contributed by atoms with Crippen LogP contribution >= 0.6 is 0 Å². The largest absolute Gasteiger partial charge is 0.335 e. The Hall–Kier alpha value is -2.47. The first-order valence-electron chi connectivity index (χ1n) is 9.46. The van der Waals surface area contributed by atoms with Gasteiger partial charge in [-0.2, -0.15) is 5.10 Å². The van der Waals surface area contributed by atoms with Gasteiger partial charge in [0.25, 0.3) is 0 Å². The number of nitrogens with zero attached hydrogens (tertiary/aromatic N) is 5. The van der Waals surface area contributed by atoms with Crippen LogP contribution in [0.5, 0.6) is 0 Å². The maximum atomic E-state index is 12.7. The van der Waals surface area contributed by atoms with Crippen LogP contribution in [0.25, 0.3) is 11.8 Å². The van der Waals surface area contributed by atoms with Gasteiger partial charge in [-0.1, -0.05) is 12.1 Å². The smallest absolute Gasteiger partial charge is 0.246 e. The molecule has 0 N–H and O–H groups in total. The summed E-state index contributed by atoms with van der Waals surface area (Å²) in [5.74, 6) is 0.132. The lowest BCUT2D eigenvalue weighted by atomic mass is 10.2. The molecule has 1 unspecified atom stereocenters. The van der Waals surface area contributed by atoms with Crippen LogP contribution in [-0.2, 0) is 4.79 Å². The van der Waals surface area contributed by atoms with Gasteiger partial charge in [0.15, 0.2) is 0 Å². The molecule has 1 atom stereocenters. The van der Waals surface area contributed by atoms with Crippen LogP contribution in [0.3, 0.4) is 0 Å². The summed E-state index contributed by atoms with van der Waals surface area (Å²) in [4.78, 5) is 21.2. The zero-order chi connectivity index (χ0) is 17.8. The Kier molecular flexibility index (Phi) is 5.11. The van der Waals surface area contributed by atoms with Gasteiger partial charge in [0.2, 0.25) is 5.91 Å². The molecular formula is C20H25N5O. The van der Waals surface area contributed by atoms with Gasteiger partial charge in [0.1, 0.15) is 12.7 Å². The Morgan fingerprint density at radius 1 is 1.12 bits per heavy atom. The molecule has 6 heteroatoms. The van der Waals surface area contributed by atoms with E-state index in [2.05, 4.69) is 19.9 Å². The molecule has 4 rings (SSSR count). The fraction of sp³-hybridized carbons (Fsp3) is 0.450. The van der Waals surface area contributed by atoms with E-state index in [0.717, 1.165) is 37.2 Å². The zero-order valence-corrected chi connectivity index (χ0v) is 15.0. The van der Waals surface area contributed by atoms with Gasteiger partial charge in [-0.15, -0.1) is 0 Å². The lowest BCUT2D eigenvalue weighted by molar-refractivity contribution is -0.127. The molecular weight excluding hydrogens is 326 g/mol. The van der Waals surface area contributed by atoms with Gasteiger partial charge in [0.05, 0.1) is 5.69 Å². The van der Waals surface area contributed by atoms with Crippen LogP contribution in [0.2, 0.25) is 0 Å². The van der Waals surface area contributed by atoms with Gasteiger partial charge in [0, 0.05) is 25.2 Å². The fourth-order valence-electron chi connectivity index (χ4n) is 3.92. The van der Waals surface area contributed by atoms with Crippen LogP contribution in [0.15, 0.2) is 43.0 Å². The minimum absolute atomic E-state index is 0.132. The Labute approximate surface area is 154 Å². The number of hydrogen-bond acceptors (Lipinski definition) is 4. The van der Waals surface area contributed by atoms with Gasteiger partial charge in [-0.3, -0.25) is 4.79 Å². The van der Waals surface area contributed by atoms with Crippen molar-refractivity contribution in [2.24, 2.45) is 0 Å². The summed E-state index contributed by atoms with van der Waals surface area (Å²) in [5.41, 5.74) is 1.97. The van der Waals surface area contributed by atoms with Gasteiger partial charge >= 0.3 is 0 Å². The van der Waals surface area contributed by atoms with Crippen molar-refractivity contribution in [1.82, 2.24) is 24.6 Å². The second-order valence-electron chi connectivity index (χ2n) is 7.10. The Morgan fingerprint density at radius 3 is 2.65 bits per heavy atom. The molecule has 0 bridgehead atoms. The molecule has 26 heavy (non-hydrogen) atoms. The molecule has 0 radical (unpaired) electrons. The predicted molar refractivity (Wildman–Crippen MR) is 101 cm³/mol. The van der Waals surface area contributed by atoms with E-state index < -0.39 is 0 Å². The van der Waals surface area contributed by atoms with E-state index in [0.29, 0.717) is 6.04 Å². The minimum atomic E-state index is 0.132. The summed E-state index contributed by atoms with van der Waals surface area (Å²) in [6, 6.07) is 8.31. The van der Waals surface area contributed by atoms with E-state index in [1.54, 1.807) is 17.1 Å². The third-order valence-corrected chi connectivity index (χ3v) is 5.32. The third-order valence-electron chi connectivity index (χ3n) is 5.32. The van der Waals surface area contributed by atoms with Crippen molar-refractivity contribution in [2.45, 2.75) is 31.7 Å². The number of likely N-dealkylation sites (tertiary alicyclic amines) is 2. The monoisotopic (exact) mass is 351 g/mol. The van der Waals surface area contributed by atoms with Crippen LogP contribution in [0.1, 0.15) is 31.2 Å². The van der Waals surface area contributed by atoms with Crippen molar-refractivity contribution >= 4 is 12.0 Å². The third kappa shape index (κ3) is 3.85. The maximum Gasteiger partial charge on any atom is 0.246 e. The second-order valence-corrected chi connectivity index (χ2v) is 7.10. The van der Waals surface area contributed by atoms with Gasteiger partial charge in [-0.05, 0) is 62.5 Å². The Balaban J connectivity index is 1.37. The van der Waals surface area contributed by atoms with Crippen molar-refractivity contribution in [2.75, 3.05) is 26.2 Å². The van der Waals surface area contributed by atoms with Crippen molar-refractivity contribution in [1.29, 1.82) is 0 Å². The van der Waals surface area contributed by atoms with E-state index in [1.807, 2.05) is 30.3 Å². The number of aromatic nitrogens is 3. The molecule has 0 aliphatic carbocycles. The summed E-state index contributed by atoms with van der Waals surface area (Å²) in [6.45, 7) is 4.29. The first kappa shape index (κ1) is 17.0. The number of amides is 1. The molecule has 1 aromatic heterocycles. The summed E-state index contributed by atoms with van der Waals surface area (Å²) in [5, 5.41) is 4.12. The van der Waals surface area contributed by atoms with E-state index in [4.69, 9.17) is 0 Å². The molecule has 3 heterocycles. The highest BCUT2D eigenvalue weighted by Gasteiger charge is 2.29. The fourth-order valence-corrected chi connectivity index (χ4v) is 3.92. The maximum absolute atomic E-state index is 12.7. The van der Waals surface area contributed by atoms with E-state index in [-0.39, 0.29) is 5.91 Å². The van der Waals surface area contributed by atoms with E-state index >= 15 is 0 Å². The summed E-state index contributed by atoms with van der Waals surface area (Å²) >= 11 is 0. The SMILES string of the molecule is O=C(/C=C/c1ccc(-n2cncn2)cc1)N1CCCC1CN1CCCC1. The molecule has 1 aromatic carbocycles. The summed E-state index contributed by atoms with van der Waals surface area (Å²) < 4.78 is 1.71. The molecule has 136 valence electrons.